The Kier molecular flexibility index (Phi) is 7.69. The van der Waals surface area contributed by atoms with Crippen LogP contribution in [-0.2, 0) is 11.3 Å². The van der Waals surface area contributed by atoms with E-state index in [1.807, 2.05) is 37.3 Å². The number of nitrogens with one attached hydrogen (secondary N) is 2. The maximum atomic E-state index is 11.9. The van der Waals surface area contributed by atoms with Gasteiger partial charge in [-0.05, 0) is 36.6 Å². The first-order chi connectivity index (χ1) is 11.2. The molecule has 0 aliphatic heterocycles. The Balaban J connectivity index is 1.74. The second-order valence-electron chi connectivity index (χ2n) is 6.45. The smallest absolute Gasteiger partial charge is 0.407 e. The summed E-state index contributed by atoms with van der Waals surface area (Å²) in [4.78, 5) is 14.8. The van der Waals surface area contributed by atoms with Crippen molar-refractivity contribution in [2.75, 3.05) is 0 Å². The third-order valence-electron chi connectivity index (χ3n) is 4.61. The van der Waals surface area contributed by atoms with Gasteiger partial charge in [-0.2, -0.15) is 0 Å². The van der Waals surface area contributed by atoms with Crippen molar-refractivity contribution < 1.29 is 9.53 Å². The molecule has 1 aromatic rings. The number of benzene rings is 1. The van der Waals surface area contributed by atoms with Crippen LogP contribution in [0.15, 0.2) is 30.3 Å². The van der Waals surface area contributed by atoms with Crippen molar-refractivity contribution in [2.45, 2.75) is 64.1 Å². The van der Waals surface area contributed by atoms with Crippen molar-refractivity contribution in [3.05, 3.63) is 35.9 Å². The first-order valence-corrected chi connectivity index (χ1v) is 8.90. The van der Waals surface area contributed by atoms with Gasteiger partial charge in [-0.1, -0.05) is 62.4 Å². The lowest BCUT2D eigenvalue weighted by Gasteiger charge is -2.29. The quantitative estimate of drug-likeness (QED) is 0.725. The molecule has 1 aromatic carbocycles. The van der Waals surface area contributed by atoms with Crippen LogP contribution in [0.4, 0.5) is 4.79 Å². The van der Waals surface area contributed by atoms with E-state index in [0.29, 0.717) is 5.92 Å². The average Bonchev–Trinajstić information content (AvgIpc) is 2.59. The summed E-state index contributed by atoms with van der Waals surface area (Å²) in [6, 6.07) is 9.65. The Morgan fingerprint density at radius 1 is 1.26 bits per heavy atom. The van der Waals surface area contributed by atoms with E-state index in [2.05, 4.69) is 10.2 Å². The van der Waals surface area contributed by atoms with Crippen molar-refractivity contribution in [2.24, 2.45) is 5.92 Å². The van der Waals surface area contributed by atoms with Gasteiger partial charge in [0.25, 0.3) is 0 Å². The van der Waals surface area contributed by atoms with Crippen molar-refractivity contribution in [3.8, 4) is 0 Å². The molecule has 0 spiro atoms. The van der Waals surface area contributed by atoms with Crippen molar-refractivity contribution in [1.82, 2.24) is 10.2 Å². The summed E-state index contributed by atoms with van der Waals surface area (Å²) in [6.45, 7) is 2.24. The molecule has 0 heterocycles. The first-order valence-electron chi connectivity index (χ1n) is 8.52. The van der Waals surface area contributed by atoms with Crippen LogP contribution in [0.5, 0.6) is 0 Å². The summed E-state index contributed by atoms with van der Waals surface area (Å²) in [5.41, 5.74) is 0.976. The van der Waals surface area contributed by atoms with E-state index >= 15 is 0 Å². The number of carbonyl (C=O) groups excluding carboxylic acids is 1. The number of hydrogen-bond acceptors (Lipinski definition) is 3. The maximum Gasteiger partial charge on any atom is 0.407 e. The van der Waals surface area contributed by atoms with E-state index in [1.54, 1.807) is 0 Å². The fraction of sp³-hybridized carbons (Fsp3) is 0.611. The second-order valence-corrected chi connectivity index (χ2v) is 6.67. The van der Waals surface area contributed by atoms with E-state index in [-0.39, 0.29) is 18.7 Å². The summed E-state index contributed by atoms with van der Waals surface area (Å²) in [5, 5.41) is 2.88. The zero-order chi connectivity index (χ0) is 16.5. The van der Waals surface area contributed by atoms with Gasteiger partial charge in [-0.25, -0.2) is 9.63 Å². The maximum absolute atomic E-state index is 11.9. The molecule has 0 saturated heterocycles. The van der Waals surface area contributed by atoms with E-state index in [1.165, 1.54) is 32.1 Å². The van der Waals surface area contributed by atoms with Crippen LogP contribution < -0.4 is 10.2 Å². The molecule has 1 aliphatic carbocycles. The Morgan fingerprint density at radius 2 is 1.96 bits per heavy atom. The zero-order valence-electron chi connectivity index (χ0n) is 13.8. The molecule has 0 unspecified atom stereocenters. The Hall–Kier alpha value is -1.26. The lowest BCUT2D eigenvalue weighted by molar-refractivity contribution is 0.133. The Morgan fingerprint density at radius 3 is 2.61 bits per heavy atom. The molecular formula is C18H27ClN2O2. The van der Waals surface area contributed by atoms with Crippen LogP contribution in [0.1, 0.15) is 51.0 Å². The fourth-order valence-electron chi connectivity index (χ4n) is 3.18. The molecule has 4 nitrogen and oxygen atoms in total. The SMILES string of the molecule is C[C@H](NC(=O)OCc1ccccc1)[C@H](CC1CCCCC1)NCl. The summed E-state index contributed by atoms with van der Waals surface area (Å²) in [6.07, 6.45) is 7.07. The van der Waals surface area contributed by atoms with Gasteiger partial charge in [0.05, 0.1) is 0 Å². The van der Waals surface area contributed by atoms with Gasteiger partial charge < -0.3 is 10.1 Å². The van der Waals surface area contributed by atoms with Gasteiger partial charge in [0.15, 0.2) is 0 Å². The third-order valence-corrected chi connectivity index (χ3v) is 4.89. The third kappa shape index (κ3) is 6.40. The van der Waals surface area contributed by atoms with Crippen LogP contribution in [0.3, 0.4) is 0 Å². The highest BCUT2D eigenvalue weighted by molar-refractivity contribution is 6.13. The van der Waals surface area contributed by atoms with Crippen LogP contribution in [-0.4, -0.2) is 18.2 Å². The van der Waals surface area contributed by atoms with Crippen molar-refractivity contribution >= 4 is 17.9 Å². The van der Waals surface area contributed by atoms with Gasteiger partial charge in [0.1, 0.15) is 6.61 Å². The predicted octanol–water partition coefficient (Wildman–Crippen LogP) is 4.38. The molecule has 0 bridgehead atoms. The summed E-state index contributed by atoms with van der Waals surface area (Å²) < 4.78 is 5.26. The Bertz CT molecular complexity index is 463. The summed E-state index contributed by atoms with van der Waals surface area (Å²) >= 11 is 5.90. The topological polar surface area (TPSA) is 50.4 Å². The highest BCUT2D eigenvalue weighted by Crippen LogP contribution is 2.28. The normalized spacial score (nSPS) is 18.2. The molecule has 0 radical (unpaired) electrons. The van der Waals surface area contributed by atoms with Crippen molar-refractivity contribution in [3.63, 3.8) is 0 Å². The lowest BCUT2D eigenvalue weighted by atomic mass is 9.84. The number of hydrogen-bond donors (Lipinski definition) is 2. The number of halogens is 1. The number of amides is 1. The second kappa shape index (κ2) is 9.78. The number of rotatable bonds is 7. The van der Waals surface area contributed by atoms with E-state index in [4.69, 9.17) is 16.5 Å². The number of ether oxygens (including phenoxy) is 1. The molecule has 1 fully saturated rings. The first kappa shape index (κ1) is 18.1. The van der Waals surface area contributed by atoms with Gasteiger partial charge in [0.2, 0.25) is 0 Å². The number of carbonyl (C=O) groups is 1. The standard InChI is InChI=1S/C18H27ClN2O2/c1-14(17(21-19)12-15-8-4-2-5-9-15)20-18(22)23-13-16-10-6-3-7-11-16/h3,6-7,10-11,14-15,17,21H,2,4-5,8-9,12-13H2,1H3,(H,20,22)/t14-,17-/m0/s1. The predicted molar refractivity (Wildman–Crippen MR) is 93.2 cm³/mol. The minimum absolute atomic E-state index is 0.0593. The molecule has 0 aromatic heterocycles. The lowest BCUT2D eigenvalue weighted by Crippen LogP contribution is -2.46. The molecule has 2 N–H and O–H groups in total. The van der Waals surface area contributed by atoms with Crippen LogP contribution in [0.2, 0.25) is 0 Å². The molecule has 2 atom stereocenters. The molecule has 1 amide bonds. The molecule has 23 heavy (non-hydrogen) atoms. The summed E-state index contributed by atoms with van der Waals surface area (Å²) in [5.74, 6) is 0.699. The van der Waals surface area contributed by atoms with Gasteiger partial charge in [-0.3, -0.25) is 0 Å². The summed E-state index contributed by atoms with van der Waals surface area (Å²) in [7, 11) is 0. The van der Waals surface area contributed by atoms with E-state index in [0.717, 1.165) is 12.0 Å². The monoisotopic (exact) mass is 338 g/mol. The van der Waals surface area contributed by atoms with Gasteiger partial charge >= 0.3 is 6.09 Å². The minimum Gasteiger partial charge on any atom is -0.445 e. The molecule has 5 heteroatoms. The van der Waals surface area contributed by atoms with Crippen LogP contribution >= 0.6 is 11.8 Å². The molecule has 1 aliphatic rings. The minimum atomic E-state index is -0.401. The fourth-order valence-corrected chi connectivity index (χ4v) is 3.45. The molecule has 2 rings (SSSR count). The Labute approximate surface area is 144 Å². The van der Waals surface area contributed by atoms with Crippen molar-refractivity contribution in [1.29, 1.82) is 0 Å². The van der Waals surface area contributed by atoms with E-state index < -0.39 is 6.09 Å². The van der Waals surface area contributed by atoms with Gasteiger partial charge in [0, 0.05) is 12.1 Å². The highest BCUT2D eigenvalue weighted by Gasteiger charge is 2.24. The van der Waals surface area contributed by atoms with Gasteiger partial charge in [-0.15, -0.1) is 0 Å². The molecular weight excluding hydrogens is 312 g/mol. The van der Waals surface area contributed by atoms with Crippen LogP contribution in [0, 0.1) is 5.92 Å². The number of alkyl carbamates (subject to hydrolysis) is 1. The average molecular weight is 339 g/mol. The molecule has 1 saturated carbocycles. The largest absolute Gasteiger partial charge is 0.445 e. The van der Waals surface area contributed by atoms with Crippen LogP contribution in [0.25, 0.3) is 0 Å². The zero-order valence-corrected chi connectivity index (χ0v) is 14.5. The van der Waals surface area contributed by atoms with E-state index in [9.17, 15) is 4.79 Å². The highest BCUT2D eigenvalue weighted by atomic mass is 35.5. The molecule has 128 valence electrons.